The zero-order valence-electron chi connectivity index (χ0n) is 60.5. The lowest BCUT2D eigenvalue weighted by atomic mass is 9.95. The summed E-state index contributed by atoms with van der Waals surface area (Å²) in [5, 5.41) is 65.9. The van der Waals surface area contributed by atoms with Gasteiger partial charge in [-0.2, -0.15) is 0 Å². The van der Waals surface area contributed by atoms with Gasteiger partial charge in [-0.3, -0.25) is 62.3 Å². The second-order valence-corrected chi connectivity index (χ2v) is 27.7. The Bertz CT molecular complexity index is 3400. The van der Waals surface area contributed by atoms with E-state index >= 15 is 9.59 Å². The van der Waals surface area contributed by atoms with Crippen molar-refractivity contribution in [3.63, 3.8) is 0 Å². The number of aliphatic hydroxyl groups is 4. The van der Waals surface area contributed by atoms with Gasteiger partial charge in [-0.05, 0) is 107 Å². The minimum atomic E-state index is -2.42. The van der Waals surface area contributed by atoms with Crippen molar-refractivity contribution < 1.29 is 92.3 Å². The maximum absolute atomic E-state index is 15.2. The van der Waals surface area contributed by atoms with Gasteiger partial charge in [-0.25, -0.2) is 4.79 Å². The first-order chi connectivity index (χ1) is 49.4. The first-order valence-electron chi connectivity index (χ1n) is 35.8. The van der Waals surface area contributed by atoms with Crippen molar-refractivity contribution in [2.24, 2.45) is 17.6 Å². The van der Waals surface area contributed by atoms with Crippen molar-refractivity contribution in [2.75, 3.05) is 39.8 Å². The number of ether oxygens (including phenoxy) is 1. The maximum Gasteiger partial charge on any atom is 0.329 e. The van der Waals surface area contributed by atoms with Gasteiger partial charge in [0, 0.05) is 52.9 Å². The Morgan fingerprint density at radius 2 is 1.21 bits per heavy atom. The smallest absolute Gasteiger partial charge is 0.329 e. The van der Waals surface area contributed by atoms with Crippen LogP contribution in [0.3, 0.4) is 0 Å². The predicted octanol–water partition coefficient (Wildman–Crippen LogP) is -2.12. The van der Waals surface area contributed by atoms with Crippen molar-refractivity contribution >= 4 is 82.8 Å². The van der Waals surface area contributed by atoms with Crippen molar-refractivity contribution in [1.29, 1.82) is 0 Å². The Labute approximate surface area is 605 Å². The number of nitrogens with zero attached hydrogens (tertiary/aromatic N) is 4. The average Bonchev–Trinajstić information content (AvgIpc) is 1.61. The Morgan fingerprint density at radius 1 is 0.654 bits per heavy atom. The molecule has 13 amide bonds. The Morgan fingerprint density at radius 3 is 1.78 bits per heavy atom. The SMILES string of the molecule is C/C=C1/NC(=O)[C@H](CO)NC(=O)[C@@H]([C@@H](C)CC)NC(=O)[C@@H]2CCCN2C(=O)[C@@H]2CCCN2C(=O)CNC(=O)[C@@H](CCC(N)=O)NC(=O)C(O)C(CC(CC(O)Cc2ccccc2)OC(=O)[C@H](CC(C)C)N(C)C(C)=O)NC(=O)[C@@H]2CCCN2C(=O)[C@@H](CCc2ccccc2)NC(=O)[C@H]([C@@H](C)O)NC1=O. The second kappa shape index (κ2) is 40.0. The van der Waals surface area contributed by atoms with E-state index < -0.39 is 218 Å². The standard InChI is InChI=1S/C72H105N13O19/c1-9-41(5)59-67(98)79-52(39-86)64(95)75-48(10-2)63(94)81-60(42(6)87)68(99)77-50(28-27-44-20-13-11-14-21-44)70(101)84-32-17-24-53(84)65(96)78-51(37-47(36-46(89)35-45-22-15-12-16-23-45)104-72(103)56(34-40(3)4)82(8)43(7)88)61(92)69(100)76-49(29-30-57(73)90)62(93)74-38-58(91)83-31-19-26-55(83)71(102)85-33-18-25-54(85)66(97)80-59/h10-16,20-23,40-42,46-47,49-56,59-61,86-87,89,92H,9,17-19,24-39H2,1-8H3,(H2,73,90)(H,74,93)(H,75,95)(H,76,100)(H,77,99)(H,78,96)(H,79,98)(H,80,97)(H,81,94)/b48-10+/t41-,42+,46?,47?,49+,50+,51?,52-,53-,54-,55-,56-,59+,60-,61?/m0/s1. The number of fused-ring (bicyclic) bond motifs is 3. The fraction of sp³-hybridized carbons (Fsp3) is 0.611. The van der Waals surface area contributed by atoms with E-state index in [0.717, 1.165) is 11.0 Å². The van der Waals surface area contributed by atoms with Gasteiger partial charge >= 0.3 is 5.97 Å². The number of nitrogens with two attached hydrogens (primary N) is 1. The number of carbonyl (C=O) groups excluding carboxylic acids is 14. The average molecular weight is 1460 g/mol. The molecule has 6 rings (SSSR count). The number of allylic oxidation sites excluding steroid dienone is 1. The molecule has 0 spiro atoms. The van der Waals surface area contributed by atoms with Gasteiger partial charge < -0.3 is 93.0 Å². The minimum Gasteiger partial charge on any atom is -0.461 e. The third-order valence-electron chi connectivity index (χ3n) is 19.4. The molecule has 0 saturated carbocycles. The predicted molar refractivity (Wildman–Crippen MR) is 375 cm³/mol. The molecule has 15 atom stereocenters. The van der Waals surface area contributed by atoms with Crippen LogP contribution >= 0.6 is 0 Å². The summed E-state index contributed by atoms with van der Waals surface area (Å²) in [5.74, 6) is -13.8. The lowest BCUT2D eigenvalue weighted by Crippen LogP contribution is -2.61. The maximum atomic E-state index is 15.2. The number of hydrogen-bond donors (Lipinski definition) is 13. The monoisotopic (exact) mass is 1460 g/mol. The normalized spacial score (nSPS) is 26.1. The van der Waals surface area contributed by atoms with E-state index in [9.17, 15) is 78.0 Å². The molecule has 0 aromatic heterocycles. The zero-order valence-corrected chi connectivity index (χ0v) is 60.5. The summed E-state index contributed by atoms with van der Waals surface area (Å²) in [4.78, 5) is 204. The third-order valence-corrected chi connectivity index (χ3v) is 19.4. The van der Waals surface area contributed by atoms with Crippen LogP contribution in [0.25, 0.3) is 0 Å². The number of likely N-dealkylation sites (N-methyl/N-ethyl adjacent to an activating group) is 1. The lowest BCUT2D eigenvalue weighted by molar-refractivity contribution is -0.161. The largest absolute Gasteiger partial charge is 0.461 e. The highest BCUT2D eigenvalue weighted by molar-refractivity contribution is 6.03. The molecule has 104 heavy (non-hydrogen) atoms. The van der Waals surface area contributed by atoms with E-state index in [0.29, 0.717) is 30.4 Å². The topological polar surface area (TPSA) is 464 Å². The number of primary amides is 1. The molecule has 4 fully saturated rings. The summed E-state index contributed by atoms with van der Waals surface area (Å²) in [6.45, 7) is 8.97. The van der Waals surface area contributed by atoms with E-state index in [1.807, 2.05) is 13.8 Å². The van der Waals surface area contributed by atoms with Crippen LogP contribution in [-0.4, -0.2) is 247 Å². The third kappa shape index (κ3) is 23.6. The minimum absolute atomic E-state index is 0.00347. The fourth-order valence-electron chi connectivity index (χ4n) is 13.3. The molecule has 0 bridgehead atoms. The summed E-state index contributed by atoms with van der Waals surface area (Å²) in [5.41, 5.74) is 6.41. The number of amides is 13. The molecule has 4 saturated heterocycles. The lowest BCUT2D eigenvalue weighted by Gasteiger charge is -2.34. The van der Waals surface area contributed by atoms with Gasteiger partial charge in [-0.15, -0.1) is 0 Å². The molecule has 14 N–H and O–H groups in total. The van der Waals surface area contributed by atoms with Crippen molar-refractivity contribution in [3.05, 3.63) is 83.6 Å². The molecule has 4 aliphatic heterocycles. The van der Waals surface area contributed by atoms with Crippen LogP contribution in [0, 0.1) is 11.8 Å². The first kappa shape index (κ1) is 83.5. The number of nitrogens with one attached hydrogen (secondary N) is 8. The number of carbonyl (C=O) groups is 14. The summed E-state index contributed by atoms with van der Waals surface area (Å²) in [6.07, 6.45) is -6.38. The van der Waals surface area contributed by atoms with Crippen molar-refractivity contribution in [2.45, 2.75) is 230 Å². The van der Waals surface area contributed by atoms with E-state index in [2.05, 4.69) is 42.5 Å². The molecule has 2 aromatic carbocycles. The molecule has 32 nitrogen and oxygen atoms in total. The van der Waals surface area contributed by atoms with E-state index in [1.165, 1.54) is 42.5 Å². The molecule has 32 heteroatoms. The van der Waals surface area contributed by atoms with Crippen LogP contribution in [0.4, 0.5) is 0 Å². The molecule has 0 radical (unpaired) electrons. The first-order valence-corrected chi connectivity index (χ1v) is 35.8. The van der Waals surface area contributed by atoms with Crippen LogP contribution < -0.4 is 48.3 Å². The van der Waals surface area contributed by atoms with Gasteiger partial charge in [0.25, 0.3) is 11.8 Å². The molecular weight excluding hydrogens is 1350 g/mol. The molecule has 2 aromatic rings. The summed E-state index contributed by atoms with van der Waals surface area (Å²) in [7, 11) is 1.40. The Kier molecular flexibility index (Phi) is 32.2. The highest BCUT2D eigenvalue weighted by Gasteiger charge is 2.46. The molecule has 4 aliphatic rings. The van der Waals surface area contributed by atoms with Crippen molar-refractivity contribution in [1.82, 2.24) is 62.1 Å². The van der Waals surface area contributed by atoms with Crippen LogP contribution in [-0.2, 0) is 84.7 Å². The molecule has 4 unspecified atom stereocenters. The van der Waals surface area contributed by atoms with E-state index in [-0.39, 0.29) is 76.9 Å². The van der Waals surface area contributed by atoms with Crippen molar-refractivity contribution in [3.8, 4) is 0 Å². The Balaban J connectivity index is 1.44. The van der Waals surface area contributed by atoms with Gasteiger partial charge in [0.2, 0.25) is 65.0 Å². The van der Waals surface area contributed by atoms with Gasteiger partial charge in [-0.1, -0.05) is 101 Å². The van der Waals surface area contributed by atoms with E-state index in [1.54, 1.807) is 74.5 Å². The van der Waals surface area contributed by atoms with E-state index in [4.69, 9.17) is 10.5 Å². The van der Waals surface area contributed by atoms with Crippen LogP contribution in [0.15, 0.2) is 72.4 Å². The van der Waals surface area contributed by atoms with Crippen LogP contribution in [0.5, 0.6) is 0 Å². The van der Waals surface area contributed by atoms with Gasteiger partial charge in [0.1, 0.15) is 66.2 Å². The number of aryl methyl sites for hydroxylation is 1. The van der Waals surface area contributed by atoms with Crippen LogP contribution in [0.2, 0.25) is 0 Å². The quantitative estimate of drug-likeness (QED) is 0.0470. The Hall–Kier alpha value is -9.40. The fourth-order valence-corrected chi connectivity index (χ4v) is 13.3. The summed E-state index contributed by atoms with van der Waals surface area (Å²) >= 11 is 0. The molecule has 0 aliphatic carbocycles. The molecular formula is C72H105N13O19. The highest BCUT2D eigenvalue weighted by Crippen LogP contribution is 2.28. The van der Waals surface area contributed by atoms with Gasteiger partial charge in [0.15, 0.2) is 6.10 Å². The van der Waals surface area contributed by atoms with Gasteiger partial charge in [0.05, 0.1) is 31.4 Å². The molecule has 4 heterocycles. The zero-order chi connectivity index (χ0) is 76.6. The number of hydrogen-bond acceptors (Lipinski definition) is 19. The number of esters is 1. The second-order valence-electron chi connectivity index (χ2n) is 27.7. The summed E-state index contributed by atoms with van der Waals surface area (Å²) in [6, 6.07) is 2.52. The number of benzene rings is 2. The number of rotatable bonds is 21. The molecule has 572 valence electrons. The summed E-state index contributed by atoms with van der Waals surface area (Å²) < 4.78 is 6.17. The highest BCUT2D eigenvalue weighted by atomic mass is 16.5. The number of aliphatic hydroxyl groups excluding tert-OH is 4. The van der Waals surface area contributed by atoms with Crippen LogP contribution in [0.1, 0.15) is 143 Å².